The summed E-state index contributed by atoms with van der Waals surface area (Å²) in [6.45, 7) is 3.99. The molecule has 0 bridgehead atoms. The molecule has 2 aromatic rings. The van der Waals surface area contributed by atoms with Crippen molar-refractivity contribution in [3.05, 3.63) is 59.9 Å². The summed E-state index contributed by atoms with van der Waals surface area (Å²) in [5, 5.41) is 14.8. The Morgan fingerprint density at radius 2 is 1.71 bits per heavy atom. The highest BCUT2D eigenvalue weighted by Gasteiger charge is 2.44. The van der Waals surface area contributed by atoms with Crippen LogP contribution < -0.4 is 10.6 Å². The maximum Gasteiger partial charge on any atom is 0.326 e. The fraction of sp³-hybridized carbons (Fsp3) is 0.444. The Balaban J connectivity index is 1.70. The lowest BCUT2D eigenvalue weighted by atomic mass is 9.94. The Morgan fingerprint density at radius 3 is 2.29 bits per heavy atom. The van der Waals surface area contributed by atoms with E-state index in [2.05, 4.69) is 23.3 Å². The number of rotatable bonds is 10. The Kier molecular flexibility index (Phi) is 8.94. The predicted molar refractivity (Wildman–Crippen MR) is 137 cm³/mol. The third-order valence-electron chi connectivity index (χ3n) is 6.41. The van der Waals surface area contributed by atoms with Gasteiger partial charge in [-0.2, -0.15) is 12.6 Å². The molecule has 0 radical (unpaired) electrons. The fourth-order valence-electron chi connectivity index (χ4n) is 4.49. The molecular weight excluding hydrogens is 467 g/mol. The molecule has 8 heteroatoms. The normalized spacial score (nSPS) is 16.5. The van der Waals surface area contributed by atoms with E-state index in [1.54, 1.807) is 36.4 Å². The van der Waals surface area contributed by atoms with Crippen molar-refractivity contribution in [3.63, 3.8) is 0 Å². The number of thiol groups is 1. The molecule has 188 valence electrons. The van der Waals surface area contributed by atoms with Crippen LogP contribution in [0.15, 0.2) is 48.5 Å². The van der Waals surface area contributed by atoms with Crippen LogP contribution in [0.3, 0.4) is 0 Å². The molecule has 1 fully saturated rings. The van der Waals surface area contributed by atoms with Gasteiger partial charge in [-0.15, -0.1) is 0 Å². The van der Waals surface area contributed by atoms with Crippen LogP contribution in [0.1, 0.15) is 51.5 Å². The van der Waals surface area contributed by atoms with E-state index in [1.807, 2.05) is 13.8 Å². The van der Waals surface area contributed by atoms with Gasteiger partial charge < -0.3 is 15.7 Å². The number of benzene rings is 2. The standard InChI is InChI=1S/C27H33FN2O4S/c1-17(2)14-23(35)24(31)30-27(12-3-4-13-27)26(34)29-22(25(32)33)15-18-8-10-19(11-9-18)20-6-5-7-21(28)16-20/h5-11,16-17,22-23,35H,3-4,12-15H2,1-2H3,(H,29,34)(H,30,31)(H,32,33). The van der Waals surface area contributed by atoms with Gasteiger partial charge in [-0.25, -0.2) is 9.18 Å². The van der Waals surface area contributed by atoms with E-state index in [0.717, 1.165) is 29.5 Å². The van der Waals surface area contributed by atoms with E-state index in [0.29, 0.717) is 19.3 Å². The van der Waals surface area contributed by atoms with Gasteiger partial charge >= 0.3 is 5.97 Å². The monoisotopic (exact) mass is 500 g/mol. The van der Waals surface area contributed by atoms with E-state index in [1.165, 1.54) is 12.1 Å². The number of hydrogen-bond donors (Lipinski definition) is 4. The van der Waals surface area contributed by atoms with Crippen LogP contribution in [0.4, 0.5) is 4.39 Å². The first kappa shape index (κ1) is 26.7. The summed E-state index contributed by atoms with van der Waals surface area (Å²) in [6.07, 6.45) is 3.12. The fourth-order valence-corrected chi connectivity index (χ4v) is 4.98. The first-order chi connectivity index (χ1) is 16.6. The molecule has 0 spiro atoms. The van der Waals surface area contributed by atoms with Crippen LogP contribution in [-0.4, -0.2) is 39.7 Å². The van der Waals surface area contributed by atoms with Gasteiger partial charge in [0, 0.05) is 6.42 Å². The van der Waals surface area contributed by atoms with Gasteiger partial charge in [0.25, 0.3) is 0 Å². The highest BCUT2D eigenvalue weighted by Crippen LogP contribution is 2.31. The maximum absolute atomic E-state index is 13.5. The van der Waals surface area contributed by atoms with Gasteiger partial charge in [0.15, 0.2) is 0 Å². The Bertz CT molecular complexity index is 1050. The summed E-state index contributed by atoms with van der Waals surface area (Å²) in [6, 6.07) is 12.2. The summed E-state index contributed by atoms with van der Waals surface area (Å²) in [5.74, 6) is -1.99. The Hall–Kier alpha value is -2.87. The number of nitrogens with one attached hydrogen (secondary N) is 2. The van der Waals surface area contributed by atoms with E-state index >= 15 is 0 Å². The van der Waals surface area contributed by atoms with Crippen molar-refractivity contribution in [2.45, 2.75) is 69.2 Å². The van der Waals surface area contributed by atoms with Gasteiger partial charge in [0.05, 0.1) is 5.25 Å². The van der Waals surface area contributed by atoms with Crippen LogP contribution in [0.2, 0.25) is 0 Å². The first-order valence-corrected chi connectivity index (χ1v) is 12.5. The van der Waals surface area contributed by atoms with Crippen molar-refractivity contribution in [2.75, 3.05) is 0 Å². The minimum absolute atomic E-state index is 0.0804. The maximum atomic E-state index is 13.5. The molecule has 35 heavy (non-hydrogen) atoms. The zero-order valence-electron chi connectivity index (χ0n) is 20.1. The lowest BCUT2D eigenvalue weighted by Crippen LogP contribution is -2.61. The largest absolute Gasteiger partial charge is 0.480 e. The van der Waals surface area contributed by atoms with E-state index in [-0.39, 0.29) is 24.1 Å². The summed E-state index contributed by atoms with van der Waals surface area (Å²) < 4.78 is 13.5. The van der Waals surface area contributed by atoms with Gasteiger partial charge in [-0.3, -0.25) is 9.59 Å². The molecule has 3 N–H and O–H groups in total. The number of amides is 2. The quantitative estimate of drug-likeness (QED) is 0.364. The molecule has 0 heterocycles. The summed E-state index contributed by atoms with van der Waals surface area (Å²) in [4.78, 5) is 38.0. The molecule has 2 unspecified atom stereocenters. The average molecular weight is 501 g/mol. The van der Waals surface area contributed by atoms with E-state index in [4.69, 9.17) is 0 Å². The van der Waals surface area contributed by atoms with Crippen molar-refractivity contribution in [1.29, 1.82) is 0 Å². The predicted octanol–water partition coefficient (Wildman–Crippen LogP) is 4.38. The number of aliphatic carboxylic acids is 1. The molecule has 1 aliphatic rings. The summed E-state index contributed by atoms with van der Waals surface area (Å²) in [5.41, 5.74) is 1.12. The SMILES string of the molecule is CC(C)CC(S)C(=O)NC1(C(=O)NC(Cc2ccc(-c3cccc(F)c3)cc2)C(=O)O)CCCC1. The van der Waals surface area contributed by atoms with E-state index in [9.17, 15) is 23.9 Å². The van der Waals surface area contributed by atoms with Gasteiger partial charge in [0.2, 0.25) is 11.8 Å². The van der Waals surface area contributed by atoms with Crippen LogP contribution in [0.25, 0.3) is 11.1 Å². The van der Waals surface area contributed by atoms with Crippen molar-refractivity contribution in [1.82, 2.24) is 10.6 Å². The number of hydrogen-bond acceptors (Lipinski definition) is 4. The van der Waals surface area contributed by atoms with Crippen molar-refractivity contribution < 1.29 is 23.9 Å². The molecule has 0 aromatic heterocycles. The van der Waals surface area contributed by atoms with Crippen molar-refractivity contribution >= 4 is 30.4 Å². The number of carbonyl (C=O) groups excluding carboxylic acids is 2. The average Bonchev–Trinajstić information content (AvgIpc) is 3.28. The highest BCUT2D eigenvalue weighted by atomic mass is 32.1. The minimum Gasteiger partial charge on any atom is -0.480 e. The summed E-state index contributed by atoms with van der Waals surface area (Å²) >= 11 is 4.39. The molecule has 0 saturated heterocycles. The van der Waals surface area contributed by atoms with Crippen LogP contribution in [-0.2, 0) is 20.8 Å². The molecule has 6 nitrogen and oxygen atoms in total. The first-order valence-electron chi connectivity index (χ1n) is 12.0. The topological polar surface area (TPSA) is 95.5 Å². The molecular formula is C27H33FN2O4S. The number of halogens is 1. The van der Waals surface area contributed by atoms with Crippen LogP contribution in [0, 0.1) is 11.7 Å². The molecule has 2 amide bonds. The van der Waals surface area contributed by atoms with Crippen molar-refractivity contribution in [2.24, 2.45) is 5.92 Å². The lowest BCUT2D eigenvalue weighted by molar-refractivity contribution is -0.143. The Labute approximate surface area is 211 Å². The number of carboxylic acid groups (broad SMARTS) is 1. The smallest absolute Gasteiger partial charge is 0.326 e. The molecule has 1 saturated carbocycles. The molecule has 2 aromatic carbocycles. The zero-order chi connectivity index (χ0) is 25.6. The highest BCUT2D eigenvalue weighted by molar-refractivity contribution is 7.81. The van der Waals surface area contributed by atoms with Crippen LogP contribution >= 0.6 is 12.6 Å². The second-order valence-electron chi connectivity index (χ2n) is 9.70. The lowest BCUT2D eigenvalue weighted by Gasteiger charge is -2.31. The Morgan fingerprint density at radius 1 is 1.06 bits per heavy atom. The molecule has 3 rings (SSSR count). The number of carboxylic acids is 1. The van der Waals surface area contributed by atoms with Crippen molar-refractivity contribution in [3.8, 4) is 11.1 Å². The molecule has 2 atom stereocenters. The summed E-state index contributed by atoms with van der Waals surface area (Å²) in [7, 11) is 0. The second kappa shape index (κ2) is 11.7. The van der Waals surface area contributed by atoms with Gasteiger partial charge in [-0.1, -0.05) is 63.1 Å². The number of carbonyl (C=O) groups is 3. The van der Waals surface area contributed by atoms with Gasteiger partial charge in [-0.05, 0) is 54.0 Å². The van der Waals surface area contributed by atoms with E-state index < -0.39 is 28.7 Å². The zero-order valence-corrected chi connectivity index (χ0v) is 21.0. The van der Waals surface area contributed by atoms with Crippen LogP contribution in [0.5, 0.6) is 0 Å². The van der Waals surface area contributed by atoms with Gasteiger partial charge in [0.1, 0.15) is 17.4 Å². The molecule has 1 aliphatic carbocycles. The second-order valence-corrected chi connectivity index (χ2v) is 10.3. The third-order valence-corrected chi connectivity index (χ3v) is 6.85. The molecule has 0 aliphatic heterocycles. The minimum atomic E-state index is -1.15. The third kappa shape index (κ3) is 7.07.